The van der Waals surface area contributed by atoms with Crippen molar-refractivity contribution in [3.63, 3.8) is 0 Å². The summed E-state index contributed by atoms with van der Waals surface area (Å²) in [5.74, 6) is 1.85. The van der Waals surface area contributed by atoms with E-state index in [4.69, 9.17) is 5.73 Å². The van der Waals surface area contributed by atoms with E-state index >= 15 is 0 Å². The van der Waals surface area contributed by atoms with E-state index in [9.17, 15) is 4.79 Å². The van der Waals surface area contributed by atoms with Crippen molar-refractivity contribution in [2.45, 2.75) is 77.2 Å². The molecule has 1 saturated carbocycles. The van der Waals surface area contributed by atoms with E-state index < -0.39 is 0 Å². The van der Waals surface area contributed by atoms with E-state index in [-0.39, 0.29) is 0 Å². The lowest BCUT2D eigenvalue weighted by molar-refractivity contribution is -0.132. The highest BCUT2D eigenvalue weighted by molar-refractivity contribution is 5.76. The van der Waals surface area contributed by atoms with Crippen LogP contribution in [0.4, 0.5) is 0 Å². The van der Waals surface area contributed by atoms with Crippen molar-refractivity contribution in [2.24, 2.45) is 17.6 Å². The zero-order chi connectivity index (χ0) is 14.4. The molecule has 1 unspecified atom stereocenters. The predicted molar refractivity (Wildman–Crippen MR) is 83.4 cm³/mol. The Bertz CT molecular complexity index is 297. The van der Waals surface area contributed by atoms with Crippen LogP contribution in [0.1, 0.15) is 71.1 Å². The van der Waals surface area contributed by atoms with Crippen LogP contribution in [-0.2, 0) is 4.79 Å². The lowest BCUT2D eigenvalue weighted by Gasteiger charge is -2.28. The molecule has 1 atom stereocenters. The Labute approximate surface area is 124 Å². The first-order valence-electron chi connectivity index (χ1n) is 8.72. The number of nitrogens with two attached hydrogens (primary N) is 1. The van der Waals surface area contributed by atoms with Gasteiger partial charge in [0.1, 0.15) is 0 Å². The molecule has 1 aliphatic heterocycles. The van der Waals surface area contributed by atoms with Crippen LogP contribution < -0.4 is 5.73 Å². The van der Waals surface area contributed by atoms with Gasteiger partial charge in [0.15, 0.2) is 0 Å². The molecule has 0 radical (unpaired) electrons. The fourth-order valence-corrected chi connectivity index (χ4v) is 3.88. The van der Waals surface area contributed by atoms with Gasteiger partial charge in [-0.2, -0.15) is 0 Å². The van der Waals surface area contributed by atoms with Crippen LogP contribution in [-0.4, -0.2) is 29.9 Å². The molecule has 1 saturated heterocycles. The molecule has 0 bridgehead atoms. The number of amides is 1. The summed E-state index contributed by atoms with van der Waals surface area (Å²) in [7, 11) is 0. The van der Waals surface area contributed by atoms with Gasteiger partial charge in [-0.1, -0.05) is 19.8 Å². The number of nitrogens with zero attached hydrogens (tertiary/aromatic N) is 1. The molecule has 0 aromatic carbocycles. The molecule has 1 amide bonds. The molecule has 0 aromatic heterocycles. The summed E-state index contributed by atoms with van der Waals surface area (Å²) in [6.45, 7) is 4.25. The molecule has 3 nitrogen and oxygen atoms in total. The maximum Gasteiger partial charge on any atom is 0.222 e. The summed E-state index contributed by atoms with van der Waals surface area (Å²) >= 11 is 0. The molecule has 3 heteroatoms. The van der Waals surface area contributed by atoms with Crippen LogP contribution in [0.3, 0.4) is 0 Å². The van der Waals surface area contributed by atoms with E-state index in [1.54, 1.807) is 0 Å². The molecule has 2 fully saturated rings. The van der Waals surface area contributed by atoms with Gasteiger partial charge in [-0.15, -0.1) is 0 Å². The third kappa shape index (κ3) is 4.76. The van der Waals surface area contributed by atoms with Gasteiger partial charge < -0.3 is 10.6 Å². The fourth-order valence-electron chi connectivity index (χ4n) is 3.88. The molecule has 1 heterocycles. The Morgan fingerprint density at radius 1 is 1.05 bits per heavy atom. The largest absolute Gasteiger partial charge is 0.343 e. The minimum Gasteiger partial charge on any atom is -0.343 e. The van der Waals surface area contributed by atoms with Crippen molar-refractivity contribution in [3.05, 3.63) is 0 Å². The Morgan fingerprint density at radius 2 is 1.80 bits per heavy atom. The predicted octanol–water partition coefficient (Wildman–Crippen LogP) is 3.32. The molecule has 0 aromatic rings. The van der Waals surface area contributed by atoms with Gasteiger partial charge in [0, 0.05) is 25.6 Å². The van der Waals surface area contributed by atoms with Crippen LogP contribution in [0.25, 0.3) is 0 Å². The van der Waals surface area contributed by atoms with E-state index in [0.717, 1.165) is 51.1 Å². The normalized spacial score (nSPS) is 31.9. The smallest absolute Gasteiger partial charge is 0.222 e. The Balaban J connectivity index is 1.74. The first kappa shape index (κ1) is 15.8. The van der Waals surface area contributed by atoms with Crippen molar-refractivity contribution in [1.82, 2.24) is 4.90 Å². The highest BCUT2D eigenvalue weighted by atomic mass is 16.2. The van der Waals surface area contributed by atoms with Crippen molar-refractivity contribution < 1.29 is 4.79 Å². The first-order chi connectivity index (χ1) is 9.69. The molecular weight excluding hydrogens is 248 g/mol. The summed E-state index contributed by atoms with van der Waals surface area (Å²) in [4.78, 5) is 14.6. The average molecular weight is 280 g/mol. The monoisotopic (exact) mass is 280 g/mol. The third-order valence-electron chi connectivity index (χ3n) is 5.25. The molecule has 2 aliphatic rings. The van der Waals surface area contributed by atoms with E-state index in [2.05, 4.69) is 11.8 Å². The average Bonchev–Trinajstić information content (AvgIpc) is 2.67. The number of hydrogen-bond donors (Lipinski definition) is 1. The molecule has 1 aliphatic carbocycles. The summed E-state index contributed by atoms with van der Waals surface area (Å²) in [6.07, 6.45) is 11.6. The van der Waals surface area contributed by atoms with Crippen molar-refractivity contribution in [3.8, 4) is 0 Å². The second-order valence-corrected chi connectivity index (χ2v) is 6.95. The van der Waals surface area contributed by atoms with Crippen LogP contribution >= 0.6 is 0 Å². The number of rotatable bonds is 4. The number of hydrogen-bond acceptors (Lipinski definition) is 2. The Morgan fingerprint density at radius 3 is 2.50 bits per heavy atom. The van der Waals surface area contributed by atoms with Gasteiger partial charge in [0.25, 0.3) is 0 Å². The zero-order valence-electron chi connectivity index (χ0n) is 13.2. The lowest BCUT2D eigenvalue weighted by Crippen LogP contribution is -2.35. The second kappa shape index (κ2) is 8.02. The number of carbonyl (C=O) groups is 1. The van der Waals surface area contributed by atoms with Gasteiger partial charge in [0.05, 0.1) is 0 Å². The van der Waals surface area contributed by atoms with E-state index in [1.807, 2.05) is 0 Å². The van der Waals surface area contributed by atoms with Gasteiger partial charge in [-0.05, 0) is 56.8 Å². The minimum atomic E-state index is 0.384. The minimum absolute atomic E-state index is 0.384. The second-order valence-electron chi connectivity index (χ2n) is 6.95. The maximum atomic E-state index is 12.5. The van der Waals surface area contributed by atoms with Crippen molar-refractivity contribution >= 4 is 5.91 Å². The highest BCUT2D eigenvalue weighted by Crippen LogP contribution is 2.28. The molecule has 2 rings (SSSR count). The molecule has 20 heavy (non-hydrogen) atoms. The zero-order valence-corrected chi connectivity index (χ0v) is 13.2. The van der Waals surface area contributed by atoms with Crippen molar-refractivity contribution in [2.75, 3.05) is 13.1 Å². The van der Waals surface area contributed by atoms with Crippen LogP contribution in [0.5, 0.6) is 0 Å². The van der Waals surface area contributed by atoms with Crippen LogP contribution in [0.15, 0.2) is 0 Å². The summed E-state index contributed by atoms with van der Waals surface area (Å²) in [5, 5.41) is 0. The summed E-state index contributed by atoms with van der Waals surface area (Å²) in [5.41, 5.74) is 5.94. The topological polar surface area (TPSA) is 46.3 Å². The summed E-state index contributed by atoms with van der Waals surface area (Å²) in [6, 6.07) is 0.384. The van der Waals surface area contributed by atoms with E-state index in [1.165, 1.54) is 32.1 Å². The van der Waals surface area contributed by atoms with Crippen LogP contribution in [0.2, 0.25) is 0 Å². The number of carbonyl (C=O) groups excluding carboxylic acids is 1. The summed E-state index contributed by atoms with van der Waals surface area (Å²) < 4.78 is 0. The van der Waals surface area contributed by atoms with Gasteiger partial charge in [-0.3, -0.25) is 4.79 Å². The number of likely N-dealkylation sites (tertiary alicyclic amines) is 1. The SMILES string of the molecule is CCCC1CCCN(C(=O)CC2CCC(N)CC2)CC1. The molecule has 0 spiro atoms. The Kier molecular flexibility index (Phi) is 6.34. The van der Waals surface area contributed by atoms with Gasteiger partial charge in [-0.25, -0.2) is 0 Å². The standard InChI is InChI=1S/C17H32N2O/c1-2-4-14-5-3-11-19(12-10-14)17(20)13-15-6-8-16(18)9-7-15/h14-16H,2-13,18H2,1H3. The van der Waals surface area contributed by atoms with Crippen molar-refractivity contribution in [1.29, 1.82) is 0 Å². The quantitative estimate of drug-likeness (QED) is 0.858. The highest BCUT2D eigenvalue weighted by Gasteiger charge is 2.25. The van der Waals surface area contributed by atoms with Crippen LogP contribution in [0, 0.1) is 11.8 Å². The van der Waals surface area contributed by atoms with Gasteiger partial charge in [0.2, 0.25) is 5.91 Å². The van der Waals surface area contributed by atoms with E-state index in [0.29, 0.717) is 17.9 Å². The molecular formula is C17H32N2O. The van der Waals surface area contributed by atoms with Gasteiger partial charge >= 0.3 is 0 Å². The third-order valence-corrected chi connectivity index (χ3v) is 5.25. The molecule has 116 valence electrons. The first-order valence-corrected chi connectivity index (χ1v) is 8.72. The maximum absolute atomic E-state index is 12.5. The lowest BCUT2D eigenvalue weighted by atomic mass is 9.84. The Hall–Kier alpha value is -0.570. The molecule has 2 N–H and O–H groups in total. The fraction of sp³-hybridized carbons (Fsp3) is 0.941.